The number of ether oxygens (including phenoxy) is 2. The number of nitrogens with two attached hydrogens (primary N) is 1. The van der Waals surface area contributed by atoms with Gasteiger partial charge in [0.05, 0.1) is 32.8 Å². The number of hydrogen-bond acceptors (Lipinski definition) is 7. The van der Waals surface area contributed by atoms with Gasteiger partial charge in [-0.15, -0.1) is 0 Å². The van der Waals surface area contributed by atoms with Crippen LogP contribution in [0.2, 0.25) is 0 Å². The van der Waals surface area contributed by atoms with Crippen LogP contribution in [-0.2, 0) is 30.4 Å². The quantitative estimate of drug-likeness (QED) is 0.352. The minimum Gasteiger partial charge on any atom is -0.379 e. The minimum absolute atomic E-state index is 0.158. The maximum absolute atomic E-state index is 12.8. The molecule has 2 heterocycles. The van der Waals surface area contributed by atoms with Crippen molar-refractivity contribution in [1.29, 1.82) is 0 Å². The lowest BCUT2D eigenvalue weighted by atomic mass is 10.0. The Labute approximate surface area is 174 Å². The zero-order chi connectivity index (χ0) is 21.5. The zero-order valence-electron chi connectivity index (χ0n) is 16.6. The predicted octanol–water partition coefficient (Wildman–Crippen LogP) is -0.232. The van der Waals surface area contributed by atoms with Crippen LogP contribution in [0.1, 0.15) is 35.2 Å². The number of carbonyl (C=O) groups excluding carboxylic acids is 4. The molecule has 30 heavy (non-hydrogen) atoms. The van der Waals surface area contributed by atoms with Crippen molar-refractivity contribution < 1.29 is 28.7 Å². The normalized spacial score (nSPS) is 18.4. The molecular formula is C20H26N4O6. The van der Waals surface area contributed by atoms with E-state index in [-0.39, 0.29) is 43.7 Å². The Hall–Kier alpha value is -2.82. The largest absolute Gasteiger partial charge is 0.379 e. The van der Waals surface area contributed by atoms with Gasteiger partial charge in [0.2, 0.25) is 17.7 Å². The second-order valence-corrected chi connectivity index (χ2v) is 7.04. The van der Waals surface area contributed by atoms with Gasteiger partial charge in [-0.1, -0.05) is 6.07 Å². The molecule has 1 fully saturated rings. The summed E-state index contributed by atoms with van der Waals surface area (Å²) >= 11 is 0. The fourth-order valence-electron chi connectivity index (χ4n) is 3.49. The summed E-state index contributed by atoms with van der Waals surface area (Å²) in [5.74, 6) is -1.32. The van der Waals surface area contributed by atoms with E-state index in [1.54, 1.807) is 18.2 Å². The van der Waals surface area contributed by atoms with Crippen molar-refractivity contribution in [3.05, 3.63) is 29.3 Å². The van der Waals surface area contributed by atoms with Gasteiger partial charge in [0.15, 0.2) is 0 Å². The van der Waals surface area contributed by atoms with Gasteiger partial charge >= 0.3 is 0 Å². The SMILES string of the molecule is NCCOCCOCCC(=O)Nc1cccc2c1CN(C1CCC(=O)NC1=O)C2=O. The van der Waals surface area contributed by atoms with Gasteiger partial charge in [0.1, 0.15) is 6.04 Å². The third-order valence-electron chi connectivity index (χ3n) is 4.96. The van der Waals surface area contributed by atoms with E-state index >= 15 is 0 Å². The molecule has 1 aromatic rings. The van der Waals surface area contributed by atoms with E-state index in [4.69, 9.17) is 15.2 Å². The molecule has 0 bridgehead atoms. The monoisotopic (exact) mass is 418 g/mol. The van der Waals surface area contributed by atoms with Gasteiger partial charge in [-0.2, -0.15) is 0 Å². The third kappa shape index (κ3) is 5.21. The fraction of sp³-hybridized carbons (Fsp3) is 0.500. The second kappa shape index (κ2) is 10.3. The number of rotatable bonds is 10. The Morgan fingerprint density at radius 3 is 2.67 bits per heavy atom. The van der Waals surface area contributed by atoms with Crippen LogP contribution >= 0.6 is 0 Å². The lowest BCUT2D eigenvalue weighted by molar-refractivity contribution is -0.137. The lowest BCUT2D eigenvalue weighted by Crippen LogP contribution is -2.52. The Bertz CT molecular complexity index is 828. The number of benzene rings is 1. The standard InChI is InChI=1S/C20H26N4O6/c21-7-9-30-11-10-29-8-6-18(26)22-15-3-1-2-13-14(15)12-24(20(13)28)16-4-5-17(25)23-19(16)27/h1-3,16H,4-12,21H2,(H,22,26)(H,23,25,27). The molecule has 0 radical (unpaired) electrons. The van der Waals surface area contributed by atoms with Gasteiger partial charge < -0.3 is 25.4 Å². The highest BCUT2D eigenvalue weighted by Gasteiger charge is 2.39. The molecule has 4 amide bonds. The first-order valence-electron chi connectivity index (χ1n) is 9.93. The summed E-state index contributed by atoms with van der Waals surface area (Å²) in [5, 5.41) is 5.09. The Morgan fingerprint density at radius 1 is 1.17 bits per heavy atom. The number of hydrogen-bond donors (Lipinski definition) is 3. The van der Waals surface area contributed by atoms with Crippen LogP contribution in [0.3, 0.4) is 0 Å². The first-order chi connectivity index (χ1) is 14.5. The number of imide groups is 1. The number of carbonyl (C=O) groups is 4. The molecule has 162 valence electrons. The van der Waals surface area contributed by atoms with Crippen molar-refractivity contribution in [2.24, 2.45) is 5.73 Å². The number of nitrogens with one attached hydrogen (secondary N) is 2. The van der Waals surface area contributed by atoms with Gasteiger partial charge in [0.25, 0.3) is 5.91 Å². The predicted molar refractivity (Wildman–Crippen MR) is 106 cm³/mol. The van der Waals surface area contributed by atoms with Crippen LogP contribution in [0.25, 0.3) is 0 Å². The molecule has 1 atom stereocenters. The highest BCUT2D eigenvalue weighted by molar-refractivity contribution is 6.06. The third-order valence-corrected chi connectivity index (χ3v) is 4.96. The molecule has 0 aromatic heterocycles. The molecule has 1 aromatic carbocycles. The first-order valence-corrected chi connectivity index (χ1v) is 9.93. The summed E-state index contributed by atoms with van der Waals surface area (Å²) in [6.07, 6.45) is 0.640. The first kappa shape index (κ1) is 21.9. The molecule has 4 N–H and O–H groups in total. The van der Waals surface area contributed by atoms with Crippen LogP contribution in [-0.4, -0.2) is 67.5 Å². The van der Waals surface area contributed by atoms with E-state index in [0.29, 0.717) is 49.6 Å². The second-order valence-electron chi connectivity index (χ2n) is 7.04. The number of amides is 4. The van der Waals surface area contributed by atoms with Crippen LogP contribution in [0, 0.1) is 0 Å². The molecule has 1 saturated heterocycles. The summed E-state index contributed by atoms with van der Waals surface area (Å²) in [7, 11) is 0. The minimum atomic E-state index is -0.693. The Morgan fingerprint density at radius 2 is 1.93 bits per heavy atom. The van der Waals surface area contributed by atoms with Crippen LogP contribution in [0.4, 0.5) is 5.69 Å². The van der Waals surface area contributed by atoms with Crippen molar-refractivity contribution in [3.63, 3.8) is 0 Å². The van der Waals surface area contributed by atoms with Gasteiger partial charge in [-0.25, -0.2) is 0 Å². The topological polar surface area (TPSA) is 140 Å². The molecule has 3 rings (SSSR count). The molecule has 0 saturated carbocycles. The summed E-state index contributed by atoms with van der Waals surface area (Å²) < 4.78 is 10.5. The summed E-state index contributed by atoms with van der Waals surface area (Å²) in [6.45, 7) is 2.16. The van der Waals surface area contributed by atoms with Crippen molar-refractivity contribution in [2.75, 3.05) is 38.3 Å². The maximum Gasteiger partial charge on any atom is 0.255 e. The summed E-state index contributed by atoms with van der Waals surface area (Å²) in [6, 6.07) is 4.38. The van der Waals surface area contributed by atoms with E-state index in [0.717, 1.165) is 0 Å². The van der Waals surface area contributed by atoms with Gasteiger partial charge in [0, 0.05) is 36.3 Å². The fourth-order valence-corrected chi connectivity index (χ4v) is 3.49. The highest BCUT2D eigenvalue weighted by atomic mass is 16.5. The van der Waals surface area contributed by atoms with E-state index in [9.17, 15) is 19.2 Å². The average molecular weight is 418 g/mol. The highest BCUT2D eigenvalue weighted by Crippen LogP contribution is 2.32. The van der Waals surface area contributed by atoms with Crippen molar-refractivity contribution in [1.82, 2.24) is 10.2 Å². The number of piperidine rings is 1. The summed E-state index contributed by atoms with van der Waals surface area (Å²) in [5.41, 5.74) is 6.96. The molecule has 1 unspecified atom stereocenters. The molecule has 10 nitrogen and oxygen atoms in total. The number of nitrogens with zero attached hydrogens (tertiary/aromatic N) is 1. The maximum atomic E-state index is 12.8. The van der Waals surface area contributed by atoms with E-state index in [2.05, 4.69) is 10.6 Å². The van der Waals surface area contributed by atoms with Crippen LogP contribution in [0.15, 0.2) is 18.2 Å². The molecular weight excluding hydrogens is 392 g/mol. The number of fused-ring (bicyclic) bond motifs is 1. The lowest BCUT2D eigenvalue weighted by Gasteiger charge is -2.29. The van der Waals surface area contributed by atoms with Crippen molar-refractivity contribution in [3.8, 4) is 0 Å². The Balaban J connectivity index is 1.55. The summed E-state index contributed by atoms with van der Waals surface area (Å²) in [4.78, 5) is 50.0. The van der Waals surface area contributed by atoms with Crippen LogP contribution < -0.4 is 16.4 Å². The molecule has 0 aliphatic carbocycles. The average Bonchev–Trinajstić information content (AvgIpc) is 3.05. The van der Waals surface area contributed by atoms with E-state index in [1.165, 1.54) is 4.90 Å². The molecule has 0 spiro atoms. The van der Waals surface area contributed by atoms with E-state index in [1.807, 2.05) is 0 Å². The Kier molecular flexibility index (Phi) is 7.50. The number of anilines is 1. The van der Waals surface area contributed by atoms with Gasteiger partial charge in [-0.3, -0.25) is 24.5 Å². The van der Waals surface area contributed by atoms with Crippen LogP contribution in [0.5, 0.6) is 0 Å². The van der Waals surface area contributed by atoms with E-state index < -0.39 is 11.9 Å². The molecule has 2 aliphatic rings. The van der Waals surface area contributed by atoms with Crippen molar-refractivity contribution >= 4 is 29.3 Å². The molecule has 10 heteroatoms. The zero-order valence-corrected chi connectivity index (χ0v) is 16.6. The van der Waals surface area contributed by atoms with Gasteiger partial charge in [-0.05, 0) is 18.6 Å². The molecule has 2 aliphatic heterocycles. The van der Waals surface area contributed by atoms with Crippen molar-refractivity contribution in [2.45, 2.75) is 31.8 Å². The smallest absolute Gasteiger partial charge is 0.255 e.